The molecule has 0 radical (unpaired) electrons. The fraction of sp³-hybridized carbons (Fsp3) is 0.562. The van der Waals surface area contributed by atoms with E-state index < -0.39 is 32.9 Å². The molecule has 1 saturated carbocycles. The van der Waals surface area contributed by atoms with Crippen LogP contribution in [0.25, 0.3) is 0 Å². The van der Waals surface area contributed by atoms with Crippen LogP contribution in [-0.2, 0) is 9.84 Å². The second kappa shape index (κ2) is 6.36. The molecular weight excluding hydrogens is 305 g/mol. The minimum atomic E-state index is -3.24. The molecule has 1 aromatic carbocycles. The largest absolute Gasteiger partial charge is 0.337 e. The highest BCUT2D eigenvalue weighted by Gasteiger charge is 2.37. The molecule has 22 heavy (non-hydrogen) atoms. The van der Waals surface area contributed by atoms with Gasteiger partial charge in [0, 0.05) is 19.3 Å². The lowest BCUT2D eigenvalue weighted by Crippen LogP contribution is -2.49. The second-order valence-electron chi connectivity index (χ2n) is 6.12. The van der Waals surface area contributed by atoms with Gasteiger partial charge in [0.25, 0.3) is 5.91 Å². The molecular formula is C16H22FNO3S. The number of benzene rings is 1. The van der Waals surface area contributed by atoms with Gasteiger partial charge in [-0.2, -0.15) is 0 Å². The summed E-state index contributed by atoms with van der Waals surface area (Å²) in [5.74, 6) is -1.03. The number of rotatable bonds is 3. The predicted molar refractivity (Wildman–Crippen MR) is 84.1 cm³/mol. The monoisotopic (exact) mass is 327 g/mol. The Balaban J connectivity index is 2.28. The van der Waals surface area contributed by atoms with Crippen molar-refractivity contribution in [3.63, 3.8) is 0 Å². The van der Waals surface area contributed by atoms with Gasteiger partial charge in [-0.05, 0) is 37.5 Å². The molecule has 0 bridgehead atoms. The zero-order valence-electron chi connectivity index (χ0n) is 13.2. The highest BCUT2D eigenvalue weighted by atomic mass is 32.2. The summed E-state index contributed by atoms with van der Waals surface area (Å²) >= 11 is 0. The van der Waals surface area contributed by atoms with Gasteiger partial charge in [-0.25, -0.2) is 12.8 Å². The van der Waals surface area contributed by atoms with Gasteiger partial charge in [-0.3, -0.25) is 4.79 Å². The number of carbonyl (C=O) groups is 1. The standard InChI is InChI=1S/C16H22FNO3S/c1-11-8-9-12(13(17)10-11)16(19)18(2)14-6-4-5-7-15(14)22(3,20)21/h8-10,14-15H,4-7H2,1-3H3/t14-,15-/m0/s1. The molecule has 2 rings (SSSR count). The van der Waals surface area contributed by atoms with E-state index in [0.717, 1.165) is 18.4 Å². The lowest BCUT2D eigenvalue weighted by atomic mass is 9.93. The molecule has 6 heteroatoms. The Morgan fingerprint density at radius 1 is 1.27 bits per heavy atom. The number of hydrogen-bond acceptors (Lipinski definition) is 3. The lowest BCUT2D eigenvalue weighted by molar-refractivity contribution is 0.0695. The van der Waals surface area contributed by atoms with E-state index in [0.29, 0.717) is 12.8 Å². The first-order valence-corrected chi connectivity index (χ1v) is 9.39. The number of halogens is 1. The van der Waals surface area contributed by atoms with Crippen molar-refractivity contribution in [1.29, 1.82) is 0 Å². The van der Waals surface area contributed by atoms with E-state index >= 15 is 0 Å². The summed E-state index contributed by atoms with van der Waals surface area (Å²) in [6, 6.07) is 4.06. The molecule has 1 aliphatic rings. The molecule has 1 aliphatic carbocycles. The Morgan fingerprint density at radius 2 is 1.91 bits per heavy atom. The van der Waals surface area contributed by atoms with E-state index in [9.17, 15) is 17.6 Å². The Labute approximate surface area is 131 Å². The van der Waals surface area contributed by atoms with E-state index in [4.69, 9.17) is 0 Å². The molecule has 1 fully saturated rings. The summed E-state index contributed by atoms with van der Waals surface area (Å²) in [6.45, 7) is 1.75. The number of carbonyl (C=O) groups excluding carboxylic acids is 1. The number of nitrogens with zero attached hydrogens (tertiary/aromatic N) is 1. The topological polar surface area (TPSA) is 54.5 Å². The summed E-state index contributed by atoms with van der Waals surface area (Å²) in [4.78, 5) is 13.9. The Bertz CT molecular complexity index is 672. The van der Waals surface area contributed by atoms with Crippen molar-refractivity contribution < 1.29 is 17.6 Å². The average Bonchev–Trinajstić information content (AvgIpc) is 2.45. The molecule has 4 nitrogen and oxygen atoms in total. The van der Waals surface area contributed by atoms with Gasteiger partial charge in [-0.15, -0.1) is 0 Å². The zero-order valence-corrected chi connectivity index (χ0v) is 14.0. The molecule has 0 unspecified atom stereocenters. The number of sulfone groups is 1. The van der Waals surface area contributed by atoms with Crippen molar-refractivity contribution in [3.05, 3.63) is 35.1 Å². The molecule has 0 aliphatic heterocycles. The van der Waals surface area contributed by atoms with Crippen molar-refractivity contribution in [2.75, 3.05) is 13.3 Å². The van der Waals surface area contributed by atoms with Crippen LogP contribution in [0.2, 0.25) is 0 Å². The fourth-order valence-corrected chi connectivity index (χ4v) is 4.64. The molecule has 2 atom stereocenters. The Hall–Kier alpha value is -1.43. The van der Waals surface area contributed by atoms with Gasteiger partial charge in [0.2, 0.25) is 0 Å². The van der Waals surface area contributed by atoms with Crippen molar-refractivity contribution in [2.24, 2.45) is 0 Å². The van der Waals surface area contributed by atoms with Crippen LogP contribution in [0.15, 0.2) is 18.2 Å². The van der Waals surface area contributed by atoms with E-state index in [1.807, 2.05) is 0 Å². The van der Waals surface area contributed by atoms with Gasteiger partial charge in [0.15, 0.2) is 9.84 Å². The maximum Gasteiger partial charge on any atom is 0.256 e. The van der Waals surface area contributed by atoms with Gasteiger partial charge >= 0.3 is 0 Å². The third kappa shape index (κ3) is 3.48. The van der Waals surface area contributed by atoms with Crippen molar-refractivity contribution in [1.82, 2.24) is 4.90 Å². The SMILES string of the molecule is Cc1ccc(C(=O)N(C)[C@H]2CCCC[C@@H]2S(C)(=O)=O)c(F)c1. The third-order valence-corrected chi connectivity index (χ3v) is 6.04. The highest BCUT2D eigenvalue weighted by molar-refractivity contribution is 7.91. The van der Waals surface area contributed by atoms with Gasteiger partial charge in [0.1, 0.15) is 5.82 Å². The smallest absolute Gasteiger partial charge is 0.256 e. The fourth-order valence-electron chi connectivity index (χ4n) is 3.15. The summed E-state index contributed by atoms with van der Waals surface area (Å²) in [5.41, 5.74) is 0.731. The summed E-state index contributed by atoms with van der Waals surface area (Å²) < 4.78 is 37.9. The van der Waals surface area contributed by atoms with Gasteiger partial charge in [0.05, 0.1) is 10.8 Å². The van der Waals surface area contributed by atoms with Crippen molar-refractivity contribution in [3.8, 4) is 0 Å². The molecule has 1 aromatic rings. The predicted octanol–water partition coefficient (Wildman–Crippen LogP) is 2.56. The lowest BCUT2D eigenvalue weighted by Gasteiger charge is -2.37. The van der Waals surface area contributed by atoms with Crippen LogP contribution in [-0.4, -0.2) is 43.8 Å². The minimum Gasteiger partial charge on any atom is -0.337 e. The average molecular weight is 327 g/mol. The van der Waals surface area contributed by atoms with Crippen LogP contribution in [0.5, 0.6) is 0 Å². The van der Waals surface area contributed by atoms with Crippen LogP contribution < -0.4 is 0 Å². The van der Waals surface area contributed by atoms with E-state index in [1.165, 1.54) is 23.3 Å². The van der Waals surface area contributed by atoms with Gasteiger partial charge in [-0.1, -0.05) is 18.9 Å². The normalized spacial score (nSPS) is 22.4. The summed E-state index contributed by atoms with van der Waals surface area (Å²) in [5, 5.41) is -0.566. The molecule has 0 N–H and O–H groups in total. The quantitative estimate of drug-likeness (QED) is 0.857. The zero-order chi connectivity index (χ0) is 16.5. The maximum absolute atomic E-state index is 14.0. The second-order valence-corrected chi connectivity index (χ2v) is 8.38. The van der Waals surface area contributed by atoms with E-state index in [2.05, 4.69) is 0 Å². The van der Waals surface area contributed by atoms with E-state index in [-0.39, 0.29) is 5.56 Å². The molecule has 0 saturated heterocycles. The van der Waals surface area contributed by atoms with Crippen LogP contribution >= 0.6 is 0 Å². The third-order valence-electron chi connectivity index (χ3n) is 4.39. The number of amides is 1. The van der Waals surface area contributed by atoms with Crippen LogP contribution in [0.1, 0.15) is 41.6 Å². The summed E-state index contributed by atoms with van der Waals surface area (Å²) in [6.07, 6.45) is 4.12. The molecule has 1 amide bonds. The highest BCUT2D eigenvalue weighted by Crippen LogP contribution is 2.28. The van der Waals surface area contributed by atoms with E-state index in [1.54, 1.807) is 20.0 Å². The number of hydrogen-bond donors (Lipinski definition) is 0. The first-order valence-electron chi connectivity index (χ1n) is 7.44. The molecule has 122 valence electrons. The van der Waals surface area contributed by atoms with Gasteiger partial charge < -0.3 is 4.90 Å². The number of aryl methyl sites for hydroxylation is 1. The molecule has 0 aromatic heterocycles. The minimum absolute atomic E-state index is 0.00840. The molecule has 0 spiro atoms. The first-order chi connectivity index (χ1) is 10.2. The first kappa shape index (κ1) is 16.9. The van der Waals surface area contributed by atoms with Crippen LogP contribution in [0.4, 0.5) is 4.39 Å². The maximum atomic E-state index is 14.0. The Morgan fingerprint density at radius 3 is 2.50 bits per heavy atom. The molecule has 0 heterocycles. The van der Waals surface area contributed by atoms with Crippen LogP contribution in [0, 0.1) is 12.7 Å². The Kier molecular flexibility index (Phi) is 4.90. The summed E-state index contributed by atoms with van der Waals surface area (Å²) in [7, 11) is -1.67. The van der Waals surface area contributed by atoms with Crippen LogP contribution in [0.3, 0.4) is 0 Å². The van der Waals surface area contributed by atoms with Crippen molar-refractivity contribution >= 4 is 15.7 Å². The van der Waals surface area contributed by atoms with Crippen molar-refractivity contribution in [2.45, 2.75) is 43.9 Å².